The molecule has 0 spiro atoms. The van der Waals surface area contributed by atoms with Crippen LogP contribution in [0, 0.1) is 0 Å². The number of hydrogen-bond acceptors (Lipinski definition) is 4. The molecule has 0 aromatic heterocycles. The van der Waals surface area contributed by atoms with Crippen LogP contribution in [0.4, 0.5) is 0 Å². The summed E-state index contributed by atoms with van der Waals surface area (Å²) in [7, 11) is 1.68. The highest BCUT2D eigenvalue weighted by Crippen LogP contribution is 2.20. The molecule has 0 fully saturated rings. The lowest BCUT2D eigenvalue weighted by Gasteiger charge is -1.99. The smallest absolute Gasteiger partial charge is 0.119 e. The zero-order valence-electron chi connectivity index (χ0n) is 11.3. The summed E-state index contributed by atoms with van der Waals surface area (Å²) in [6.45, 7) is 0. The first kappa shape index (κ1) is 15.8. The quantitative estimate of drug-likeness (QED) is 0.842. The van der Waals surface area contributed by atoms with Crippen molar-refractivity contribution in [1.82, 2.24) is 0 Å². The maximum absolute atomic E-state index is 8.93. The Labute approximate surface area is 123 Å². The monoisotopic (exact) mass is 294 g/mol. The molecule has 0 aliphatic rings. The molecule has 0 bridgehead atoms. The zero-order chi connectivity index (χ0) is 14.1. The predicted octanol–water partition coefficient (Wildman–Crippen LogP) is 4.53. The molecule has 0 unspecified atom stereocenters. The van der Waals surface area contributed by atoms with E-state index < -0.39 is 0 Å². The summed E-state index contributed by atoms with van der Waals surface area (Å²) in [6.07, 6.45) is 4.03. The van der Waals surface area contributed by atoms with Gasteiger partial charge in [0.25, 0.3) is 0 Å². The molecule has 0 aliphatic heterocycles. The number of phenols is 1. The average Bonchev–Trinajstić information content (AvgIpc) is 2.48. The van der Waals surface area contributed by atoms with Gasteiger partial charge < -0.3 is 9.84 Å². The molecule has 4 heteroatoms. The van der Waals surface area contributed by atoms with E-state index in [1.54, 1.807) is 42.8 Å². The Morgan fingerprint density at radius 2 is 1.47 bits per heavy atom. The van der Waals surface area contributed by atoms with E-state index in [2.05, 4.69) is 12.3 Å². The van der Waals surface area contributed by atoms with Crippen molar-refractivity contribution in [2.45, 2.75) is 9.79 Å². The van der Waals surface area contributed by atoms with Crippen molar-refractivity contribution < 1.29 is 9.84 Å². The molecule has 2 nitrogen and oxygen atoms in total. The molecule has 2 rings (SSSR count). The number of ether oxygens (including phenoxy) is 1. The lowest BCUT2D eigenvalue weighted by atomic mass is 10.3. The summed E-state index contributed by atoms with van der Waals surface area (Å²) in [4.78, 5) is 2.33. The Kier molecular flexibility index (Phi) is 7.30. The maximum atomic E-state index is 8.93. The van der Waals surface area contributed by atoms with Crippen LogP contribution in [-0.4, -0.2) is 24.7 Å². The maximum Gasteiger partial charge on any atom is 0.119 e. The van der Waals surface area contributed by atoms with E-state index in [1.165, 1.54) is 4.90 Å². The minimum Gasteiger partial charge on any atom is -0.508 e. The van der Waals surface area contributed by atoms with Gasteiger partial charge in [-0.25, -0.2) is 0 Å². The van der Waals surface area contributed by atoms with Crippen molar-refractivity contribution in [1.29, 1.82) is 0 Å². The molecule has 19 heavy (non-hydrogen) atoms. The van der Waals surface area contributed by atoms with Gasteiger partial charge in [0.2, 0.25) is 0 Å². The van der Waals surface area contributed by atoms with E-state index in [4.69, 9.17) is 9.84 Å². The number of rotatable bonds is 3. The molecule has 1 N–H and O–H groups in total. The van der Waals surface area contributed by atoms with Crippen LogP contribution in [0.3, 0.4) is 0 Å². The fraction of sp³-hybridized carbons (Fsp3) is 0.200. The molecular formula is C15H18O2S2. The lowest BCUT2D eigenvalue weighted by Crippen LogP contribution is -1.81. The van der Waals surface area contributed by atoms with Crippen LogP contribution in [0.2, 0.25) is 0 Å². The van der Waals surface area contributed by atoms with E-state index >= 15 is 0 Å². The van der Waals surface area contributed by atoms with E-state index in [-0.39, 0.29) is 0 Å². The number of benzene rings is 2. The van der Waals surface area contributed by atoms with E-state index in [1.807, 2.05) is 36.6 Å². The third kappa shape index (κ3) is 5.94. The van der Waals surface area contributed by atoms with E-state index in [0.717, 1.165) is 10.6 Å². The minimum atomic E-state index is 0.335. The molecule has 2 aromatic rings. The number of hydrogen-bond donors (Lipinski definition) is 1. The summed E-state index contributed by atoms with van der Waals surface area (Å²) in [5.74, 6) is 1.26. The first-order valence-corrected chi connectivity index (χ1v) is 8.15. The molecule has 0 saturated heterocycles. The van der Waals surface area contributed by atoms with Crippen molar-refractivity contribution in [2.75, 3.05) is 19.6 Å². The molecule has 0 heterocycles. The minimum absolute atomic E-state index is 0.335. The second-order valence-corrected chi connectivity index (χ2v) is 5.34. The second-order valence-electron chi connectivity index (χ2n) is 3.58. The van der Waals surface area contributed by atoms with Crippen LogP contribution >= 0.6 is 23.5 Å². The summed E-state index contributed by atoms with van der Waals surface area (Å²) in [6, 6.07) is 15.2. The Hall–Kier alpha value is -1.26. The summed E-state index contributed by atoms with van der Waals surface area (Å²) in [5.41, 5.74) is 0. The van der Waals surface area contributed by atoms with Crippen molar-refractivity contribution in [2.24, 2.45) is 0 Å². The van der Waals surface area contributed by atoms with Crippen molar-refractivity contribution in [3.63, 3.8) is 0 Å². The zero-order valence-corrected chi connectivity index (χ0v) is 12.9. The van der Waals surface area contributed by atoms with Crippen molar-refractivity contribution >= 4 is 23.5 Å². The SMILES string of the molecule is COc1cccc(SC)c1.CSc1cccc(O)c1. The van der Waals surface area contributed by atoms with Crippen LogP contribution in [0.15, 0.2) is 58.3 Å². The molecular weight excluding hydrogens is 276 g/mol. The van der Waals surface area contributed by atoms with E-state index in [9.17, 15) is 0 Å². The highest BCUT2D eigenvalue weighted by Gasteiger charge is 1.91. The summed E-state index contributed by atoms with van der Waals surface area (Å²) < 4.78 is 5.04. The third-order valence-electron chi connectivity index (χ3n) is 2.33. The fourth-order valence-electron chi connectivity index (χ4n) is 1.34. The number of phenolic OH excluding ortho intramolecular Hbond substituents is 1. The van der Waals surface area contributed by atoms with Gasteiger partial charge in [0.1, 0.15) is 11.5 Å². The highest BCUT2D eigenvalue weighted by molar-refractivity contribution is 7.98. The Bertz CT molecular complexity index is 482. The largest absolute Gasteiger partial charge is 0.508 e. The van der Waals surface area contributed by atoms with Crippen molar-refractivity contribution in [3.05, 3.63) is 48.5 Å². The third-order valence-corrected chi connectivity index (χ3v) is 3.78. The standard InChI is InChI=1S/C8H10OS.C7H8OS/c1-9-7-4-3-5-8(6-7)10-2;1-9-7-4-2-3-6(8)5-7/h3-6H,1-2H3;2-5,8H,1H3. The second kappa shape index (κ2) is 8.77. The fourth-order valence-corrected chi connectivity index (χ4v) is 2.24. The van der Waals surface area contributed by atoms with Gasteiger partial charge >= 0.3 is 0 Å². The molecule has 0 atom stereocenters. The number of thioether (sulfide) groups is 2. The molecule has 0 radical (unpaired) electrons. The Morgan fingerprint density at radius 1 is 0.895 bits per heavy atom. The van der Waals surface area contributed by atoms with Crippen LogP contribution in [0.1, 0.15) is 0 Å². The van der Waals surface area contributed by atoms with Gasteiger partial charge in [0.05, 0.1) is 7.11 Å². The molecule has 2 aromatic carbocycles. The van der Waals surface area contributed by atoms with Gasteiger partial charge in [-0.2, -0.15) is 0 Å². The molecule has 0 saturated carbocycles. The first-order chi connectivity index (χ1) is 9.19. The van der Waals surface area contributed by atoms with Gasteiger partial charge in [-0.3, -0.25) is 0 Å². The van der Waals surface area contributed by atoms with Crippen molar-refractivity contribution in [3.8, 4) is 11.5 Å². The topological polar surface area (TPSA) is 29.5 Å². The molecule has 0 aliphatic carbocycles. The van der Waals surface area contributed by atoms with Gasteiger partial charge in [0, 0.05) is 9.79 Å². The van der Waals surface area contributed by atoms with Crippen LogP contribution in [0.25, 0.3) is 0 Å². The molecule has 0 amide bonds. The number of methoxy groups -OCH3 is 1. The van der Waals surface area contributed by atoms with Gasteiger partial charge in [-0.15, -0.1) is 23.5 Å². The van der Waals surface area contributed by atoms with E-state index in [0.29, 0.717) is 5.75 Å². The van der Waals surface area contributed by atoms with Crippen LogP contribution in [0.5, 0.6) is 11.5 Å². The van der Waals surface area contributed by atoms with Gasteiger partial charge in [-0.05, 0) is 48.9 Å². The first-order valence-electron chi connectivity index (χ1n) is 5.70. The summed E-state index contributed by atoms with van der Waals surface area (Å²) >= 11 is 3.34. The molecule has 102 valence electrons. The Balaban J connectivity index is 0.000000191. The predicted molar refractivity (Wildman–Crippen MR) is 84.7 cm³/mol. The van der Waals surface area contributed by atoms with Crippen LogP contribution in [-0.2, 0) is 0 Å². The Morgan fingerprint density at radius 3 is 1.95 bits per heavy atom. The average molecular weight is 294 g/mol. The highest BCUT2D eigenvalue weighted by atomic mass is 32.2. The van der Waals surface area contributed by atoms with Gasteiger partial charge in [0.15, 0.2) is 0 Å². The van der Waals surface area contributed by atoms with Gasteiger partial charge in [-0.1, -0.05) is 12.1 Å². The number of aromatic hydroxyl groups is 1. The summed E-state index contributed by atoms with van der Waals surface area (Å²) in [5, 5.41) is 8.93. The lowest BCUT2D eigenvalue weighted by molar-refractivity contribution is 0.413. The van der Waals surface area contributed by atoms with Crippen LogP contribution < -0.4 is 4.74 Å². The normalized spacial score (nSPS) is 9.42.